The van der Waals surface area contributed by atoms with Gasteiger partial charge in [0.1, 0.15) is 5.75 Å². The monoisotopic (exact) mass is 354 g/mol. The average molecular weight is 356 g/mol. The van der Waals surface area contributed by atoms with Crippen LogP contribution in [0.3, 0.4) is 0 Å². The van der Waals surface area contributed by atoms with Crippen LogP contribution in [0.1, 0.15) is 5.56 Å². The molecule has 0 aliphatic heterocycles. The van der Waals surface area contributed by atoms with Crippen molar-refractivity contribution < 1.29 is 17.9 Å². The van der Waals surface area contributed by atoms with Crippen molar-refractivity contribution in [1.82, 2.24) is 0 Å². The predicted molar refractivity (Wildman–Crippen MR) is 78.5 cm³/mol. The van der Waals surface area contributed by atoms with Crippen LogP contribution in [0.2, 0.25) is 15.1 Å². The molecule has 0 spiro atoms. The summed E-state index contributed by atoms with van der Waals surface area (Å²) in [5.74, 6) is 0.0837. The maximum absolute atomic E-state index is 13.2. The van der Waals surface area contributed by atoms with Gasteiger partial charge in [-0.3, -0.25) is 0 Å². The summed E-state index contributed by atoms with van der Waals surface area (Å²) in [5.41, 5.74) is -1.01. The molecule has 0 N–H and O–H groups in total. The Morgan fingerprint density at radius 2 is 1.57 bits per heavy atom. The molecule has 0 unspecified atom stereocenters. The molecule has 0 amide bonds. The summed E-state index contributed by atoms with van der Waals surface area (Å²) in [4.78, 5) is 0. The molecule has 0 bridgehead atoms. The minimum absolute atomic E-state index is 0.0279. The summed E-state index contributed by atoms with van der Waals surface area (Å²) in [6, 6.07) is 6.37. The highest BCUT2D eigenvalue weighted by Gasteiger charge is 2.35. The maximum atomic E-state index is 13.2. The summed E-state index contributed by atoms with van der Waals surface area (Å²) >= 11 is 17.9. The van der Waals surface area contributed by atoms with Crippen molar-refractivity contribution >= 4 is 34.8 Å². The molecule has 0 aromatic heterocycles. The minimum atomic E-state index is -4.58. The zero-order valence-corrected chi connectivity index (χ0v) is 12.8. The lowest BCUT2D eigenvalue weighted by Crippen LogP contribution is -2.08. The Hall–Kier alpha value is -1.10. The molecule has 0 atom stereocenters. The predicted octanol–water partition coefficient (Wildman–Crippen LogP) is 6.34. The summed E-state index contributed by atoms with van der Waals surface area (Å²) in [6.45, 7) is 0. The molecular formula is C14H8Cl3F3O. The second-order valence-corrected chi connectivity index (χ2v) is 5.32. The lowest BCUT2D eigenvalue weighted by atomic mass is 9.98. The fourth-order valence-corrected chi connectivity index (χ4v) is 2.61. The highest BCUT2D eigenvalue weighted by Crippen LogP contribution is 2.45. The first-order valence-corrected chi connectivity index (χ1v) is 6.78. The van der Waals surface area contributed by atoms with Gasteiger partial charge in [0.05, 0.1) is 27.7 Å². The van der Waals surface area contributed by atoms with E-state index < -0.39 is 11.7 Å². The van der Waals surface area contributed by atoms with E-state index in [9.17, 15) is 13.2 Å². The van der Waals surface area contributed by atoms with E-state index in [1.54, 1.807) is 0 Å². The highest BCUT2D eigenvalue weighted by atomic mass is 35.5. The molecule has 0 fully saturated rings. The smallest absolute Gasteiger partial charge is 0.417 e. The van der Waals surface area contributed by atoms with Crippen molar-refractivity contribution in [3.63, 3.8) is 0 Å². The van der Waals surface area contributed by atoms with Crippen LogP contribution in [0.15, 0.2) is 30.3 Å². The third kappa shape index (κ3) is 3.23. The number of hydrogen-bond donors (Lipinski definition) is 0. The molecule has 2 aromatic carbocycles. The number of hydrogen-bond acceptors (Lipinski definition) is 1. The topological polar surface area (TPSA) is 9.23 Å². The number of alkyl halides is 3. The molecule has 2 aromatic rings. The van der Waals surface area contributed by atoms with Gasteiger partial charge < -0.3 is 4.74 Å². The number of benzene rings is 2. The number of methoxy groups -OCH3 is 1. The summed E-state index contributed by atoms with van der Waals surface area (Å²) < 4.78 is 44.6. The normalized spacial score (nSPS) is 11.6. The fraction of sp³-hybridized carbons (Fsp3) is 0.143. The van der Waals surface area contributed by atoms with Crippen LogP contribution in [-0.2, 0) is 6.18 Å². The molecule has 2 rings (SSSR count). The summed E-state index contributed by atoms with van der Waals surface area (Å²) in [6.07, 6.45) is -4.58. The third-order valence-electron chi connectivity index (χ3n) is 2.85. The molecule has 7 heteroatoms. The van der Waals surface area contributed by atoms with E-state index in [4.69, 9.17) is 39.5 Å². The van der Waals surface area contributed by atoms with Crippen molar-refractivity contribution in [3.05, 3.63) is 51.0 Å². The van der Waals surface area contributed by atoms with Gasteiger partial charge in [-0.15, -0.1) is 0 Å². The zero-order valence-electron chi connectivity index (χ0n) is 10.6. The Labute approximate surface area is 134 Å². The molecule has 0 saturated carbocycles. The minimum Gasteiger partial charge on any atom is -0.497 e. The van der Waals surface area contributed by atoms with Crippen LogP contribution in [0.25, 0.3) is 11.1 Å². The average Bonchev–Trinajstić information content (AvgIpc) is 2.42. The number of halogens is 6. The Balaban J connectivity index is 2.79. The van der Waals surface area contributed by atoms with E-state index >= 15 is 0 Å². The molecule has 0 aliphatic rings. The largest absolute Gasteiger partial charge is 0.497 e. The maximum Gasteiger partial charge on any atom is 0.417 e. The van der Waals surface area contributed by atoms with Crippen molar-refractivity contribution in [1.29, 1.82) is 0 Å². The van der Waals surface area contributed by atoms with Crippen LogP contribution in [0.4, 0.5) is 13.2 Å². The molecule has 0 saturated heterocycles. The van der Waals surface area contributed by atoms with Crippen molar-refractivity contribution in [2.24, 2.45) is 0 Å². The lowest BCUT2D eigenvalue weighted by Gasteiger charge is -2.16. The van der Waals surface area contributed by atoms with Gasteiger partial charge in [0.15, 0.2) is 0 Å². The van der Waals surface area contributed by atoms with E-state index in [0.29, 0.717) is 0 Å². The first kappa shape index (κ1) is 16.3. The Morgan fingerprint density at radius 1 is 0.952 bits per heavy atom. The van der Waals surface area contributed by atoms with E-state index in [1.807, 2.05) is 0 Å². The molecule has 1 nitrogen and oxygen atoms in total. The Bertz CT molecular complexity index is 684. The van der Waals surface area contributed by atoms with Gasteiger partial charge in [-0.05, 0) is 35.9 Å². The molecule has 0 heterocycles. The van der Waals surface area contributed by atoms with Gasteiger partial charge in [0.25, 0.3) is 0 Å². The molecule has 0 aliphatic carbocycles. The van der Waals surface area contributed by atoms with Gasteiger partial charge in [0.2, 0.25) is 0 Å². The Morgan fingerprint density at radius 3 is 2.14 bits per heavy atom. The van der Waals surface area contributed by atoms with Crippen LogP contribution in [0.5, 0.6) is 5.75 Å². The quantitative estimate of drug-likeness (QED) is 0.571. The van der Waals surface area contributed by atoms with E-state index in [2.05, 4.69) is 0 Å². The van der Waals surface area contributed by atoms with E-state index in [0.717, 1.165) is 6.07 Å². The second kappa shape index (κ2) is 5.95. The van der Waals surface area contributed by atoms with Crippen LogP contribution in [-0.4, -0.2) is 7.11 Å². The van der Waals surface area contributed by atoms with Crippen LogP contribution < -0.4 is 4.74 Å². The first-order chi connectivity index (χ1) is 9.75. The first-order valence-electron chi connectivity index (χ1n) is 5.64. The van der Waals surface area contributed by atoms with E-state index in [1.165, 1.54) is 31.4 Å². The second-order valence-electron chi connectivity index (χ2n) is 4.13. The SMILES string of the molecule is COc1ccc(-c2c(Cl)ccc(Cl)c2Cl)c(C(F)(F)F)c1. The standard InChI is InChI=1S/C14H8Cl3F3O/c1-21-7-2-3-8(9(6-7)14(18,19)20)12-10(15)4-5-11(16)13(12)17/h2-6H,1H3. The summed E-state index contributed by atoms with van der Waals surface area (Å²) in [7, 11) is 1.29. The van der Waals surface area contributed by atoms with E-state index in [-0.39, 0.29) is 31.9 Å². The van der Waals surface area contributed by atoms with Crippen molar-refractivity contribution in [2.45, 2.75) is 6.18 Å². The lowest BCUT2D eigenvalue weighted by molar-refractivity contribution is -0.137. The van der Waals surface area contributed by atoms with Gasteiger partial charge in [-0.25, -0.2) is 0 Å². The molecule has 112 valence electrons. The Kier molecular flexibility index (Phi) is 4.61. The zero-order chi connectivity index (χ0) is 15.8. The fourth-order valence-electron chi connectivity index (χ4n) is 1.88. The highest BCUT2D eigenvalue weighted by molar-refractivity contribution is 6.46. The van der Waals surface area contributed by atoms with Gasteiger partial charge in [-0.2, -0.15) is 13.2 Å². The molecule has 21 heavy (non-hydrogen) atoms. The van der Waals surface area contributed by atoms with Crippen molar-refractivity contribution in [3.8, 4) is 16.9 Å². The molecule has 0 radical (unpaired) electrons. The van der Waals surface area contributed by atoms with Gasteiger partial charge in [-0.1, -0.05) is 34.8 Å². The van der Waals surface area contributed by atoms with Gasteiger partial charge >= 0.3 is 6.18 Å². The van der Waals surface area contributed by atoms with Gasteiger partial charge in [0, 0.05) is 5.56 Å². The molecular weight excluding hydrogens is 348 g/mol. The number of rotatable bonds is 2. The number of ether oxygens (including phenoxy) is 1. The summed E-state index contributed by atoms with van der Waals surface area (Å²) in [5, 5.41) is 0.180. The van der Waals surface area contributed by atoms with Crippen LogP contribution in [0, 0.1) is 0 Å². The van der Waals surface area contributed by atoms with Crippen molar-refractivity contribution in [2.75, 3.05) is 7.11 Å². The van der Waals surface area contributed by atoms with Crippen LogP contribution >= 0.6 is 34.8 Å². The third-order valence-corrected chi connectivity index (χ3v) is 3.96.